The van der Waals surface area contributed by atoms with E-state index >= 15 is 0 Å². The van der Waals surface area contributed by atoms with Gasteiger partial charge in [-0.3, -0.25) is 0 Å². The molecule has 0 atom stereocenters. The van der Waals surface area contributed by atoms with Gasteiger partial charge in [0.2, 0.25) is 20.0 Å². The van der Waals surface area contributed by atoms with E-state index in [1.807, 2.05) is 0 Å². The summed E-state index contributed by atoms with van der Waals surface area (Å²) in [4.78, 5) is 0.183. The number of rotatable bonds is 10. The van der Waals surface area contributed by atoms with Crippen molar-refractivity contribution in [2.45, 2.75) is 36.0 Å². The highest BCUT2D eigenvalue weighted by Crippen LogP contribution is 2.16. The van der Waals surface area contributed by atoms with Gasteiger partial charge in [0.25, 0.3) is 0 Å². The fourth-order valence-corrected chi connectivity index (χ4v) is 3.86. The standard InChI is InChI=1S/C18H24N2O5S2/c1-2-3-14-25-16-6-10-18(11-7-16)27(23,24)20-13-12-15-4-8-17(9-5-15)26(19,21)22/h4-11,20H,2-3,12-14H2,1H3,(H2,19,21,22). The third-order valence-corrected chi connectivity index (χ3v) is 6.26. The van der Waals surface area contributed by atoms with Crippen LogP contribution in [0.3, 0.4) is 0 Å². The number of hydrogen-bond donors (Lipinski definition) is 2. The van der Waals surface area contributed by atoms with E-state index < -0.39 is 20.0 Å². The van der Waals surface area contributed by atoms with E-state index in [0.29, 0.717) is 18.8 Å². The topological polar surface area (TPSA) is 116 Å². The first-order valence-electron chi connectivity index (χ1n) is 8.56. The lowest BCUT2D eigenvalue weighted by atomic mass is 10.2. The predicted octanol–water partition coefficient (Wildman–Crippen LogP) is 2.03. The summed E-state index contributed by atoms with van der Waals surface area (Å²) in [6.45, 7) is 2.86. The zero-order chi connectivity index (χ0) is 19.9. The number of nitrogens with two attached hydrogens (primary N) is 1. The number of primary sulfonamides is 1. The third kappa shape index (κ3) is 6.62. The van der Waals surface area contributed by atoms with Gasteiger partial charge in [0.15, 0.2) is 0 Å². The van der Waals surface area contributed by atoms with Crippen LogP contribution in [0.15, 0.2) is 58.3 Å². The van der Waals surface area contributed by atoms with Crippen LogP contribution in [0.25, 0.3) is 0 Å². The van der Waals surface area contributed by atoms with Gasteiger partial charge >= 0.3 is 0 Å². The molecule has 0 saturated carbocycles. The molecule has 0 bridgehead atoms. The van der Waals surface area contributed by atoms with Crippen molar-refractivity contribution in [3.8, 4) is 5.75 Å². The Morgan fingerprint density at radius 3 is 2.07 bits per heavy atom. The number of benzene rings is 2. The summed E-state index contributed by atoms with van der Waals surface area (Å²) >= 11 is 0. The van der Waals surface area contributed by atoms with E-state index in [2.05, 4.69) is 11.6 Å². The van der Waals surface area contributed by atoms with Gasteiger partial charge in [-0.15, -0.1) is 0 Å². The summed E-state index contributed by atoms with van der Waals surface area (Å²) in [7, 11) is -7.36. The molecule has 0 unspecified atom stereocenters. The molecule has 0 radical (unpaired) electrons. The van der Waals surface area contributed by atoms with Gasteiger partial charge in [-0.1, -0.05) is 25.5 Å². The number of hydrogen-bond acceptors (Lipinski definition) is 5. The highest BCUT2D eigenvalue weighted by Gasteiger charge is 2.13. The Balaban J connectivity index is 1.90. The molecule has 0 aliphatic rings. The molecular weight excluding hydrogens is 388 g/mol. The van der Waals surface area contributed by atoms with Crippen molar-refractivity contribution in [1.82, 2.24) is 4.72 Å². The van der Waals surface area contributed by atoms with E-state index in [1.54, 1.807) is 24.3 Å². The summed E-state index contributed by atoms with van der Waals surface area (Å²) in [5.74, 6) is 0.636. The quantitative estimate of drug-likeness (QED) is 0.579. The molecule has 0 spiro atoms. The largest absolute Gasteiger partial charge is 0.494 e. The highest BCUT2D eigenvalue weighted by atomic mass is 32.2. The molecule has 2 aromatic carbocycles. The Bertz CT molecular complexity index is 938. The van der Waals surface area contributed by atoms with Crippen molar-refractivity contribution in [3.05, 3.63) is 54.1 Å². The average molecular weight is 413 g/mol. The normalized spacial score (nSPS) is 12.1. The minimum atomic E-state index is -3.73. The van der Waals surface area contributed by atoms with Crippen LogP contribution in [-0.4, -0.2) is 30.0 Å². The molecule has 148 valence electrons. The molecule has 9 heteroatoms. The SMILES string of the molecule is CCCCOc1ccc(S(=O)(=O)NCCc2ccc(S(N)(=O)=O)cc2)cc1. The molecule has 2 rings (SSSR count). The van der Waals surface area contributed by atoms with E-state index in [9.17, 15) is 16.8 Å². The molecule has 0 aromatic heterocycles. The third-order valence-electron chi connectivity index (χ3n) is 3.86. The maximum Gasteiger partial charge on any atom is 0.240 e. The fraction of sp³-hybridized carbons (Fsp3) is 0.333. The maximum atomic E-state index is 12.3. The van der Waals surface area contributed by atoms with E-state index in [1.165, 1.54) is 24.3 Å². The van der Waals surface area contributed by atoms with Crippen molar-refractivity contribution in [1.29, 1.82) is 0 Å². The zero-order valence-corrected chi connectivity index (χ0v) is 16.7. The fourth-order valence-electron chi connectivity index (χ4n) is 2.31. The zero-order valence-electron chi connectivity index (χ0n) is 15.1. The smallest absolute Gasteiger partial charge is 0.240 e. The molecular formula is C18H24N2O5S2. The van der Waals surface area contributed by atoms with E-state index in [4.69, 9.17) is 9.88 Å². The Kier molecular flexibility index (Phi) is 7.37. The Morgan fingerprint density at radius 1 is 0.926 bits per heavy atom. The first kappa shape index (κ1) is 21.4. The maximum absolute atomic E-state index is 12.3. The van der Waals surface area contributed by atoms with Crippen LogP contribution >= 0.6 is 0 Å². The van der Waals surface area contributed by atoms with Crippen molar-refractivity contribution in [2.24, 2.45) is 5.14 Å². The van der Waals surface area contributed by atoms with Gasteiger partial charge in [0.1, 0.15) is 5.75 Å². The second kappa shape index (κ2) is 9.32. The van der Waals surface area contributed by atoms with Crippen LogP contribution in [0.1, 0.15) is 25.3 Å². The molecule has 0 saturated heterocycles. The summed E-state index contributed by atoms with van der Waals surface area (Å²) in [5, 5.41) is 5.04. The molecule has 27 heavy (non-hydrogen) atoms. The number of unbranched alkanes of at least 4 members (excludes halogenated alkanes) is 1. The van der Waals surface area contributed by atoms with Gasteiger partial charge in [-0.25, -0.2) is 26.7 Å². The van der Waals surface area contributed by atoms with Crippen molar-refractivity contribution in [3.63, 3.8) is 0 Å². The highest BCUT2D eigenvalue weighted by molar-refractivity contribution is 7.89. The summed E-state index contributed by atoms with van der Waals surface area (Å²) < 4.78 is 55.2. The summed E-state index contributed by atoms with van der Waals surface area (Å²) in [6, 6.07) is 12.3. The van der Waals surface area contributed by atoms with Gasteiger partial charge < -0.3 is 4.74 Å². The molecule has 0 aliphatic heterocycles. The molecule has 7 nitrogen and oxygen atoms in total. The Labute approximate surface area is 160 Å². The average Bonchev–Trinajstić information content (AvgIpc) is 2.62. The Hall–Kier alpha value is -1.94. The number of sulfonamides is 2. The molecule has 0 heterocycles. The van der Waals surface area contributed by atoms with Crippen LogP contribution in [0.4, 0.5) is 0 Å². The molecule has 0 fully saturated rings. The van der Waals surface area contributed by atoms with Crippen LogP contribution in [-0.2, 0) is 26.5 Å². The van der Waals surface area contributed by atoms with Gasteiger partial charge in [-0.2, -0.15) is 0 Å². The lowest BCUT2D eigenvalue weighted by Crippen LogP contribution is -2.26. The van der Waals surface area contributed by atoms with Crippen LogP contribution in [0.5, 0.6) is 5.75 Å². The second-order valence-corrected chi connectivity index (χ2v) is 9.34. The van der Waals surface area contributed by atoms with Crippen LogP contribution in [0, 0.1) is 0 Å². The molecule has 0 amide bonds. The minimum Gasteiger partial charge on any atom is -0.494 e. The first-order valence-corrected chi connectivity index (χ1v) is 11.6. The van der Waals surface area contributed by atoms with Crippen molar-refractivity contribution < 1.29 is 21.6 Å². The first-order chi connectivity index (χ1) is 12.7. The van der Waals surface area contributed by atoms with E-state index in [-0.39, 0.29) is 16.3 Å². The van der Waals surface area contributed by atoms with E-state index in [0.717, 1.165) is 18.4 Å². The van der Waals surface area contributed by atoms with Gasteiger partial charge in [0, 0.05) is 6.54 Å². The lowest BCUT2D eigenvalue weighted by molar-refractivity contribution is 0.309. The second-order valence-electron chi connectivity index (χ2n) is 6.01. The number of nitrogens with one attached hydrogen (secondary N) is 1. The van der Waals surface area contributed by atoms with Crippen LogP contribution in [0.2, 0.25) is 0 Å². The van der Waals surface area contributed by atoms with Crippen molar-refractivity contribution >= 4 is 20.0 Å². The molecule has 0 aliphatic carbocycles. The minimum absolute atomic E-state index is 0.0214. The molecule has 3 N–H and O–H groups in total. The molecule has 2 aromatic rings. The predicted molar refractivity (Wildman–Crippen MR) is 104 cm³/mol. The van der Waals surface area contributed by atoms with Crippen LogP contribution < -0.4 is 14.6 Å². The summed E-state index contributed by atoms with van der Waals surface area (Å²) in [6.07, 6.45) is 2.39. The Morgan fingerprint density at radius 2 is 1.52 bits per heavy atom. The lowest BCUT2D eigenvalue weighted by Gasteiger charge is -2.09. The van der Waals surface area contributed by atoms with Gasteiger partial charge in [0.05, 0.1) is 16.4 Å². The summed E-state index contributed by atoms with van der Waals surface area (Å²) in [5.41, 5.74) is 0.796. The van der Waals surface area contributed by atoms with Crippen molar-refractivity contribution in [2.75, 3.05) is 13.2 Å². The van der Waals surface area contributed by atoms with Gasteiger partial charge in [-0.05, 0) is 54.8 Å². The monoisotopic (exact) mass is 412 g/mol. The number of ether oxygens (including phenoxy) is 1.